The van der Waals surface area contributed by atoms with Gasteiger partial charge in [-0.05, 0) is 55.6 Å². The number of aliphatic carboxylic acids is 1. The monoisotopic (exact) mass is 250 g/mol. The van der Waals surface area contributed by atoms with Crippen LogP contribution in [0.3, 0.4) is 0 Å². The van der Waals surface area contributed by atoms with Gasteiger partial charge in [0.25, 0.3) is 0 Å². The molecule has 1 aliphatic rings. The maximum atomic E-state index is 11.6. The van der Waals surface area contributed by atoms with Crippen LogP contribution in [0.1, 0.15) is 45.1 Å². The number of hydrogen-bond donors (Lipinski definition) is 1. The standard InChI is InChI=1S/C15H22O3/c1-11(2)13-3-6-15(7-4-13,14(16)17)9-12-5-8-18-10-12/h5,8,10-11,13H,3-4,6-7,9H2,1-2H3,(H,16,17). The molecule has 1 saturated carbocycles. The average Bonchev–Trinajstić information content (AvgIpc) is 2.82. The van der Waals surface area contributed by atoms with Gasteiger partial charge in [-0.25, -0.2) is 0 Å². The van der Waals surface area contributed by atoms with Crippen molar-refractivity contribution < 1.29 is 14.3 Å². The van der Waals surface area contributed by atoms with Crippen molar-refractivity contribution >= 4 is 5.97 Å². The molecule has 1 aromatic heterocycles. The van der Waals surface area contributed by atoms with Gasteiger partial charge in [-0.1, -0.05) is 13.8 Å². The molecule has 0 atom stereocenters. The van der Waals surface area contributed by atoms with Crippen LogP contribution in [0.5, 0.6) is 0 Å². The van der Waals surface area contributed by atoms with E-state index in [4.69, 9.17) is 4.42 Å². The van der Waals surface area contributed by atoms with Crippen molar-refractivity contribution in [3.63, 3.8) is 0 Å². The lowest BCUT2D eigenvalue weighted by Gasteiger charge is -2.38. The average molecular weight is 250 g/mol. The molecule has 0 bridgehead atoms. The Balaban J connectivity index is 2.08. The predicted molar refractivity (Wildman–Crippen MR) is 69.3 cm³/mol. The third-order valence-corrected chi connectivity index (χ3v) is 4.51. The van der Waals surface area contributed by atoms with Crippen molar-refractivity contribution in [2.45, 2.75) is 46.0 Å². The molecule has 0 amide bonds. The van der Waals surface area contributed by atoms with Crippen LogP contribution in [-0.4, -0.2) is 11.1 Å². The zero-order valence-corrected chi connectivity index (χ0v) is 11.2. The number of rotatable bonds is 4. The van der Waals surface area contributed by atoms with Gasteiger partial charge in [-0.15, -0.1) is 0 Å². The Hall–Kier alpha value is -1.25. The lowest BCUT2D eigenvalue weighted by atomic mass is 9.65. The molecule has 0 unspecified atom stereocenters. The summed E-state index contributed by atoms with van der Waals surface area (Å²) in [5.41, 5.74) is 0.426. The summed E-state index contributed by atoms with van der Waals surface area (Å²) in [7, 11) is 0. The maximum absolute atomic E-state index is 11.6. The molecule has 2 rings (SSSR count). The van der Waals surface area contributed by atoms with E-state index in [0.29, 0.717) is 18.3 Å². The van der Waals surface area contributed by atoms with Crippen molar-refractivity contribution in [2.24, 2.45) is 17.3 Å². The Kier molecular flexibility index (Phi) is 3.79. The van der Waals surface area contributed by atoms with E-state index in [2.05, 4.69) is 13.8 Å². The largest absolute Gasteiger partial charge is 0.481 e. The summed E-state index contributed by atoms with van der Waals surface area (Å²) in [5.74, 6) is 0.693. The highest BCUT2D eigenvalue weighted by molar-refractivity contribution is 5.75. The molecule has 0 spiro atoms. The minimum absolute atomic E-state index is 0.574. The Bertz CT molecular complexity index is 384. The third kappa shape index (κ3) is 2.60. The van der Waals surface area contributed by atoms with Gasteiger partial charge < -0.3 is 9.52 Å². The summed E-state index contributed by atoms with van der Waals surface area (Å²) in [4.78, 5) is 11.6. The Morgan fingerprint density at radius 3 is 2.61 bits per heavy atom. The Morgan fingerprint density at radius 2 is 2.17 bits per heavy atom. The Morgan fingerprint density at radius 1 is 1.50 bits per heavy atom. The lowest BCUT2D eigenvalue weighted by Crippen LogP contribution is -2.38. The highest BCUT2D eigenvalue weighted by atomic mass is 16.4. The van der Waals surface area contributed by atoms with E-state index in [1.807, 2.05) is 6.07 Å². The molecular weight excluding hydrogens is 228 g/mol. The molecule has 1 heterocycles. The zero-order valence-electron chi connectivity index (χ0n) is 11.2. The van der Waals surface area contributed by atoms with Crippen molar-refractivity contribution in [1.29, 1.82) is 0 Å². The summed E-state index contributed by atoms with van der Waals surface area (Å²) < 4.78 is 5.05. The molecule has 0 aromatic carbocycles. The molecule has 100 valence electrons. The van der Waals surface area contributed by atoms with E-state index < -0.39 is 11.4 Å². The molecule has 0 radical (unpaired) electrons. The minimum atomic E-state index is -0.647. The van der Waals surface area contributed by atoms with Gasteiger partial charge in [-0.2, -0.15) is 0 Å². The molecule has 3 nitrogen and oxygen atoms in total. The smallest absolute Gasteiger partial charge is 0.309 e. The van der Waals surface area contributed by atoms with Gasteiger partial charge in [0.2, 0.25) is 0 Å². The molecular formula is C15H22O3. The number of carbonyl (C=O) groups is 1. The van der Waals surface area contributed by atoms with Crippen LogP contribution in [0.25, 0.3) is 0 Å². The van der Waals surface area contributed by atoms with Gasteiger partial charge in [-0.3, -0.25) is 4.79 Å². The number of carboxylic acids is 1. The molecule has 0 saturated heterocycles. The summed E-state index contributed by atoms with van der Waals surface area (Å²) in [5, 5.41) is 9.58. The number of hydrogen-bond acceptors (Lipinski definition) is 2. The van der Waals surface area contributed by atoms with E-state index >= 15 is 0 Å². The van der Waals surface area contributed by atoms with Gasteiger partial charge in [0.1, 0.15) is 0 Å². The highest BCUT2D eigenvalue weighted by Crippen LogP contribution is 2.43. The van der Waals surface area contributed by atoms with E-state index in [0.717, 1.165) is 31.2 Å². The molecule has 1 aliphatic carbocycles. The van der Waals surface area contributed by atoms with Crippen molar-refractivity contribution in [1.82, 2.24) is 0 Å². The summed E-state index contributed by atoms with van der Waals surface area (Å²) in [6, 6.07) is 1.87. The third-order valence-electron chi connectivity index (χ3n) is 4.51. The van der Waals surface area contributed by atoms with Crippen LogP contribution in [-0.2, 0) is 11.2 Å². The first-order valence-electron chi connectivity index (χ1n) is 6.78. The van der Waals surface area contributed by atoms with E-state index in [1.165, 1.54) is 0 Å². The number of furan rings is 1. The van der Waals surface area contributed by atoms with Crippen LogP contribution >= 0.6 is 0 Å². The van der Waals surface area contributed by atoms with Gasteiger partial charge in [0, 0.05) is 0 Å². The maximum Gasteiger partial charge on any atom is 0.309 e. The van der Waals surface area contributed by atoms with Crippen molar-refractivity contribution in [2.75, 3.05) is 0 Å². The number of carboxylic acid groups (broad SMARTS) is 1. The van der Waals surface area contributed by atoms with E-state index in [-0.39, 0.29) is 0 Å². The molecule has 1 N–H and O–H groups in total. The second-order valence-electron chi connectivity index (χ2n) is 5.98. The van der Waals surface area contributed by atoms with Crippen LogP contribution in [0.2, 0.25) is 0 Å². The Labute approximate surface area is 108 Å². The predicted octanol–water partition coefficient (Wildman–Crippen LogP) is 3.74. The molecule has 1 aromatic rings. The van der Waals surface area contributed by atoms with Gasteiger partial charge >= 0.3 is 5.97 Å². The molecule has 18 heavy (non-hydrogen) atoms. The summed E-state index contributed by atoms with van der Waals surface area (Å²) in [6.45, 7) is 4.46. The highest BCUT2D eigenvalue weighted by Gasteiger charge is 2.42. The van der Waals surface area contributed by atoms with Gasteiger partial charge in [0.05, 0.1) is 17.9 Å². The van der Waals surface area contributed by atoms with E-state index in [1.54, 1.807) is 12.5 Å². The van der Waals surface area contributed by atoms with Crippen LogP contribution in [0, 0.1) is 17.3 Å². The summed E-state index contributed by atoms with van der Waals surface area (Å²) >= 11 is 0. The first-order chi connectivity index (χ1) is 8.53. The van der Waals surface area contributed by atoms with Crippen molar-refractivity contribution in [3.8, 4) is 0 Å². The minimum Gasteiger partial charge on any atom is -0.481 e. The fourth-order valence-corrected chi connectivity index (χ4v) is 3.11. The SMILES string of the molecule is CC(C)C1CCC(Cc2ccoc2)(C(=O)O)CC1. The van der Waals surface area contributed by atoms with Gasteiger partial charge in [0.15, 0.2) is 0 Å². The first kappa shape index (κ1) is 13.2. The molecule has 1 fully saturated rings. The summed E-state index contributed by atoms with van der Waals surface area (Å²) in [6.07, 6.45) is 7.52. The van der Waals surface area contributed by atoms with Crippen LogP contribution in [0.4, 0.5) is 0 Å². The topological polar surface area (TPSA) is 50.4 Å². The second kappa shape index (κ2) is 5.17. The fourth-order valence-electron chi connectivity index (χ4n) is 3.11. The van der Waals surface area contributed by atoms with Crippen molar-refractivity contribution in [3.05, 3.63) is 24.2 Å². The second-order valence-corrected chi connectivity index (χ2v) is 5.98. The van der Waals surface area contributed by atoms with E-state index in [9.17, 15) is 9.90 Å². The zero-order chi connectivity index (χ0) is 13.2. The first-order valence-corrected chi connectivity index (χ1v) is 6.78. The molecule has 3 heteroatoms. The molecule has 0 aliphatic heterocycles. The fraction of sp³-hybridized carbons (Fsp3) is 0.667. The lowest BCUT2D eigenvalue weighted by molar-refractivity contribution is -0.151. The van der Waals surface area contributed by atoms with Crippen LogP contribution in [0.15, 0.2) is 23.0 Å². The normalized spacial score (nSPS) is 28.5. The quantitative estimate of drug-likeness (QED) is 0.885. The van der Waals surface area contributed by atoms with Crippen LogP contribution < -0.4 is 0 Å².